The maximum absolute atomic E-state index is 10.9. The molecule has 0 saturated carbocycles. The smallest absolute Gasteiger partial charge is 0.349 e. The highest BCUT2D eigenvalue weighted by Gasteiger charge is 2.25. The summed E-state index contributed by atoms with van der Waals surface area (Å²) in [6, 6.07) is -0.496. The quantitative estimate of drug-likeness (QED) is 0.729. The topological polar surface area (TPSA) is 46.1 Å². The van der Waals surface area contributed by atoms with Crippen LogP contribution < -0.4 is 4.57 Å². The van der Waals surface area contributed by atoms with E-state index in [0.717, 1.165) is 17.9 Å². The van der Waals surface area contributed by atoms with E-state index in [1.54, 1.807) is 6.92 Å². The van der Waals surface area contributed by atoms with E-state index in [1.165, 1.54) is 0 Å². The Morgan fingerprint density at radius 1 is 1.71 bits per heavy atom. The second-order valence-electron chi connectivity index (χ2n) is 3.52. The molecule has 1 aromatic heterocycles. The molecule has 1 heterocycles. The van der Waals surface area contributed by atoms with Crippen LogP contribution in [0.25, 0.3) is 0 Å². The zero-order valence-electron chi connectivity index (χ0n) is 9.11. The van der Waals surface area contributed by atoms with E-state index in [0.29, 0.717) is 0 Å². The molecule has 0 aliphatic heterocycles. The summed E-state index contributed by atoms with van der Waals surface area (Å²) < 4.78 is 3.84. The van der Waals surface area contributed by atoms with E-state index in [1.807, 2.05) is 36.2 Å². The van der Waals surface area contributed by atoms with Crippen LogP contribution in [0.4, 0.5) is 0 Å². The summed E-state index contributed by atoms with van der Waals surface area (Å²) in [5.74, 6) is 0.243. The summed E-state index contributed by atoms with van der Waals surface area (Å²) in [6.45, 7) is 5.70. The van der Waals surface area contributed by atoms with Crippen molar-refractivity contribution in [2.45, 2.75) is 33.2 Å². The second-order valence-corrected chi connectivity index (χ2v) is 3.52. The Bertz CT molecular complexity index is 355. The Balaban J connectivity index is 3.20. The first-order valence-corrected chi connectivity index (χ1v) is 4.78. The average Bonchev–Trinajstić information content (AvgIpc) is 2.41. The van der Waals surface area contributed by atoms with Crippen LogP contribution in [0.2, 0.25) is 0 Å². The van der Waals surface area contributed by atoms with Crippen LogP contribution in [0.3, 0.4) is 0 Å². The zero-order chi connectivity index (χ0) is 10.9. The van der Waals surface area contributed by atoms with Gasteiger partial charge in [0, 0.05) is 13.3 Å². The summed E-state index contributed by atoms with van der Waals surface area (Å²) in [4.78, 5) is 10.9. The fourth-order valence-electron chi connectivity index (χ4n) is 1.61. The van der Waals surface area contributed by atoms with E-state index in [4.69, 9.17) is 5.11 Å². The van der Waals surface area contributed by atoms with Crippen LogP contribution in [-0.4, -0.2) is 15.6 Å². The normalized spacial score (nSPS) is 12.9. The lowest BCUT2D eigenvalue weighted by Crippen LogP contribution is -2.44. The van der Waals surface area contributed by atoms with Crippen molar-refractivity contribution in [3.63, 3.8) is 0 Å². The molecule has 4 heteroatoms. The molecule has 0 aliphatic rings. The summed E-state index contributed by atoms with van der Waals surface area (Å²) in [5, 5.41) is 8.93. The molecule has 78 valence electrons. The van der Waals surface area contributed by atoms with Gasteiger partial charge in [0.25, 0.3) is 5.82 Å². The number of rotatable bonds is 3. The number of carboxylic acids is 1. The summed E-state index contributed by atoms with van der Waals surface area (Å²) in [7, 11) is 1.96. The van der Waals surface area contributed by atoms with Crippen molar-refractivity contribution >= 4 is 5.97 Å². The Kier molecular flexibility index (Phi) is 2.93. The van der Waals surface area contributed by atoms with E-state index in [-0.39, 0.29) is 0 Å². The van der Waals surface area contributed by atoms with Crippen molar-refractivity contribution < 1.29 is 14.5 Å². The first-order valence-electron chi connectivity index (χ1n) is 4.78. The minimum absolute atomic E-state index is 0.496. The van der Waals surface area contributed by atoms with Gasteiger partial charge in [-0.15, -0.1) is 0 Å². The third kappa shape index (κ3) is 1.64. The monoisotopic (exact) mass is 197 g/mol. The number of hydrogen-bond acceptors (Lipinski definition) is 1. The molecule has 1 N–H and O–H groups in total. The van der Waals surface area contributed by atoms with Gasteiger partial charge in [0.1, 0.15) is 11.9 Å². The molecule has 1 atom stereocenters. The first-order chi connectivity index (χ1) is 6.49. The minimum atomic E-state index is -0.796. The molecule has 0 aromatic carbocycles. The molecule has 1 rings (SSSR count). The van der Waals surface area contributed by atoms with Crippen LogP contribution in [-0.2, 0) is 18.3 Å². The summed E-state index contributed by atoms with van der Waals surface area (Å²) in [6.07, 6.45) is 2.72. The van der Waals surface area contributed by atoms with Gasteiger partial charge in [-0.05, 0) is 6.92 Å². The fourth-order valence-corrected chi connectivity index (χ4v) is 1.61. The van der Waals surface area contributed by atoms with Crippen molar-refractivity contribution in [1.29, 1.82) is 0 Å². The van der Waals surface area contributed by atoms with Crippen molar-refractivity contribution in [2.75, 3.05) is 0 Å². The van der Waals surface area contributed by atoms with E-state index < -0.39 is 12.0 Å². The van der Waals surface area contributed by atoms with Gasteiger partial charge in [-0.3, -0.25) is 0 Å². The highest BCUT2D eigenvalue weighted by Crippen LogP contribution is 2.05. The SMILES string of the molecule is CCc1n(C)c(C)c[n+]1C(C)C(=O)O. The van der Waals surface area contributed by atoms with Crippen LogP contribution >= 0.6 is 0 Å². The van der Waals surface area contributed by atoms with Gasteiger partial charge in [0.15, 0.2) is 6.04 Å². The number of hydrogen-bond donors (Lipinski definition) is 1. The molecule has 0 bridgehead atoms. The third-order valence-electron chi connectivity index (χ3n) is 2.63. The summed E-state index contributed by atoms with van der Waals surface area (Å²) in [5.41, 5.74) is 1.08. The Morgan fingerprint density at radius 2 is 2.29 bits per heavy atom. The van der Waals surface area contributed by atoms with Crippen LogP contribution in [0.15, 0.2) is 6.20 Å². The lowest BCUT2D eigenvalue weighted by molar-refractivity contribution is -0.714. The average molecular weight is 197 g/mol. The number of aliphatic carboxylic acids is 1. The molecule has 0 aliphatic carbocycles. The molecule has 4 nitrogen and oxygen atoms in total. The molecule has 1 unspecified atom stereocenters. The Labute approximate surface area is 83.8 Å². The standard InChI is InChI=1S/C10H16N2O2/c1-5-9-11(4)7(2)6-12(9)8(3)10(13)14/h6,8H,5H2,1-4H3/p+1. The number of nitrogens with zero attached hydrogens (tertiary/aromatic N) is 2. The molecule has 0 radical (unpaired) electrons. The van der Waals surface area contributed by atoms with Crippen molar-refractivity contribution in [3.05, 3.63) is 17.7 Å². The number of aromatic nitrogens is 2. The van der Waals surface area contributed by atoms with Crippen LogP contribution in [0, 0.1) is 6.92 Å². The molecule has 0 saturated heterocycles. The van der Waals surface area contributed by atoms with E-state index in [2.05, 4.69) is 0 Å². The van der Waals surface area contributed by atoms with Gasteiger partial charge in [-0.2, -0.15) is 0 Å². The Morgan fingerprint density at radius 3 is 2.71 bits per heavy atom. The predicted octanol–water partition coefficient (Wildman–Crippen LogP) is 0.829. The lowest BCUT2D eigenvalue weighted by atomic mass is 10.3. The maximum atomic E-state index is 10.9. The maximum Gasteiger partial charge on any atom is 0.349 e. The zero-order valence-corrected chi connectivity index (χ0v) is 9.11. The number of aryl methyl sites for hydroxylation is 1. The number of carboxylic acid groups (broad SMARTS) is 1. The number of imidazole rings is 1. The van der Waals surface area contributed by atoms with Gasteiger partial charge >= 0.3 is 5.97 Å². The predicted molar refractivity (Wildman–Crippen MR) is 52.1 cm³/mol. The fraction of sp³-hybridized carbons (Fsp3) is 0.600. The molecule has 0 spiro atoms. The molecule has 0 fully saturated rings. The van der Waals surface area contributed by atoms with Crippen LogP contribution in [0.1, 0.15) is 31.4 Å². The Hall–Kier alpha value is -1.32. The highest BCUT2D eigenvalue weighted by atomic mass is 16.4. The van der Waals surface area contributed by atoms with Gasteiger partial charge < -0.3 is 5.11 Å². The van der Waals surface area contributed by atoms with Crippen molar-refractivity contribution in [2.24, 2.45) is 7.05 Å². The molecule has 0 amide bonds. The van der Waals surface area contributed by atoms with Gasteiger partial charge in [-0.1, -0.05) is 6.92 Å². The third-order valence-corrected chi connectivity index (χ3v) is 2.63. The number of carbonyl (C=O) groups is 1. The van der Waals surface area contributed by atoms with E-state index >= 15 is 0 Å². The van der Waals surface area contributed by atoms with Gasteiger partial charge in [0.2, 0.25) is 0 Å². The molecule has 14 heavy (non-hydrogen) atoms. The van der Waals surface area contributed by atoms with Crippen molar-refractivity contribution in [1.82, 2.24) is 4.57 Å². The lowest BCUT2D eigenvalue weighted by Gasteiger charge is -2.04. The van der Waals surface area contributed by atoms with E-state index in [9.17, 15) is 4.79 Å². The van der Waals surface area contributed by atoms with Crippen LogP contribution in [0.5, 0.6) is 0 Å². The summed E-state index contributed by atoms with van der Waals surface area (Å²) >= 11 is 0. The highest BCUT2D eigenvalue weighted by molar-refractivity contribution is 5.69. The van der Waals surface area contributed by atoms with Crippen molar-refractivity contribution in [3.8, 4) is 0 Å². The molecular weight excluding hydrogens is 180 g/mol. The minimum Gasteiger partial charge on any atom is -0.478 e. The second kappa shape index (κ2) is 3.82. The largest absolute Gasteiger partial charge is 0.478 e. The first kappa shape index (κ1) is 10.8. The molecule has 1 aromatic rings. The molecular formula is C10H17N2O2+. The van der Waals surface area contributed by atoms with Gasteiger partial charge in [-0.25, -0.2) is 13.9 Å². The van der Waals surface area contributed by atoms with Gasteiger partial charge in [0.05, 0.1) is 7.05 Å².